The number of piperazine rings is 1. The van der Waals surface area contributed by atoms with Gasteiger partial charge in [0.25, 0.3) is 0 Å². The molecule has 9 nitrogen and oxygen atoms in total. The first-order chi connectivity index (χ1) is 15.4. The van der Waals surface area contributed by atoms with E-state index in [0.29, 0.717) is 44.3 Å². The number of anilines is 3. The van der Waals surface area contributed by atoms with Crippen LogP contribution < -0.4 is 15.0 Å². The van der Waals surface area contributed by atoms with E-state index in [0.717, 1.165) is 34.2 Å². The van der Waals surface area contributed by atoms with E-state index in [1.165, 1.54) is 0 Å². The SMILES string of the molecule is COc1ccc(Nc2cc(C)nc(N3CCN(C(=O)Cc4c(C)noc4C)CC3)n2)cc1. The number of amides is 1. The minimum atomic E-state index is 0.0890. The van der Waals surface area contributed by atoms with Crippen molar-refractivity contribution < 1.29 is 14.1 Å². The lowest BCUT2D eigenvalue weighted by Gasteiger charge is -2.35. The Balaban J connectivity index is 1.39. The summed E-state index contributed by atoms with van der Waals surface area (Å²) in [6.45, 7) is 8.27. The van der Waals surface area contributed by atoms with Crippen molar-refractivity contribution in [1.82, 2.24) is 20.0 Å². The molecule has 32 heavy (non-hydrogen) atoms. The summed E-state index contributed by atoms with van der Waals surface area (Å²) < 4.78 is 10.4. The highest BCUT2D eigenvalue weighted by molar-refractivity contribution is 5.79. The van der Waals surface area contributed by atoms with E-state index in [1.54, 1.807) is 7.11 Å². The molecule has 168 valence electrons. The number of rotatable bonds is 6. The summed E-state index contributed by atoms with van der Waals surface area (Å²) >= 11 is 0. The molecule has 0 bridgehead atoms. The molecule has 0 radical (unpaired) electrons. The molecule has 1 saturated heterocycles. The predicted octanol–water partition coefficient (Wildman–Crippen LogP) is 3.03. The van der Waals surface area contributed by atoms with Gasteiger partial charge in [0.1, 0.15) is 17.3 Å². The molecule has 3 heterocycles. The smallest absolute Gasteiger partial charge is 0.227 e. The van der Waals surface area contributed by atoms with Gasteiger partial charge in [-0.15, -0.1) is 0 Å². The van der Waals surface area contributed by atoms with Gasteiger partial charge < -0.3 is 24.4 Å². The molecule has 0 unspecified atom stereocenters. The Morgan fingerprint density at radius 1 is 1.09 bits per heavy atom. The number of nitrogens with zero attached hydrogens (tertiary/aromatic N) is 5. The van der Waals surface area contributed by atoms with E-state index in [4.69, 9.17) is 14.2 Å². The van der Waals surface area contributed by atoms with E-state index in [-0.39, 0.29) is 5.91 Å². The number of carbonyl (C=O) groups is 1. The van der Waals surface area contributed by atoms with Crippen LogP contribution in [0.15, 0.2) is 34.9 Å². The van der Waals surface area contributed by atoms with Gasteiger partial charge in [-0.3, -0.25) is 4.79 Å². The Morgan fingerprint density at radius 2 is 1.81 bits per heavy atom. The van der Waals surface area contributed by atoms with Gasteiger partial charge in [-0.2, -0.15) is 4.98 Å². The minimum Gasteiger partial charge on any atom is -0.497 e. The van der Waals surface area contributed by atoms with Crippen LogP contribution in [0.4, 0.5) is 17.5 Å². The number of carbonyl (C=O) groups excluding carboxylic acids is 1. The molecule has 1 amide bonds. The average molecular weight is 437 g/mol. The fourth-order valence-corrected chi connectivity index (χ4v) is 3.75. The Hall–Kier alpha value is -3.62. The second kappa shape index (κ2) is 9.25. The van der Waals surface area contributed by atoms with Crippen LogP contribution >= 0.6 is 0 Å². The van der Waals surface area contributed by atoms with Crippen LogP contribution in [0.5, 0.6) is 5.75 Å². The molecule has 3 aromatic rings. The van der Waals surface area contributed by atoms with Crippen LogP contribution in [0.1, 0.15) is 22.7 Å². The lowest BCUT2D eigenvalue weighted by molar-refractivity contribution is -0.130. The summed E-state index contributed by atoms with van der Waals surface area (Å²) in [7, 11) is 1.65. The summed E-state index contributed by atoms with van der Waals surface area (Å²) in [5.41, 5.74) is 3.46. The van der Waals surface area contributed by atoms with Gasteiger partial charge in [-0.25, -0.2) is 4.98 Å². The van der Waals surface area contributed by atoms with Crippen molar-refractivity contribution in [3.63, 3.8) is 0 Å². The summed E-state index contributed by atoms with van der Waals surface area (Å²) in [4.78, 5) is 26.1. The quantitative estimate of drug-likeness (QED) is 0.630. The average Bonchev–Trinajstić information content (AvgIpc) is 3.11. The van der Waals surface area contributed by atoms with Gasteiger partial charge in [0, 0.05) is 49.2 Å². The van der Waals surface area contributed by atoms with E-state index in [9.17, 15) is 4.79 Å². The van der Waals surface area contributed by atoms with Crippen LogP contribution in [-0.2, 0) is 11.2 Å². The molecule has 1 N–H and O–H groups in total. The zero-order valence-electron chi connectivity index (χ0n) is 18.9. The van der Waals surface area contributed by atoms with Gasteiger partial charge in [-0.1, -0.05) is 5.16 Å². The fraction of sp³-hybridized carbons (Fsp3) is 0.391. The van der Waals surface area contributed by atoms with E-state index >= 15 is 0 Å². The third-order valence-electron chi connectivity index (χ3n) is 5.63. The third-order valence-corrected chi connectivity index (χ3v) is 5.63. The molecule has 9 heteroatoms. The molecule has 1 aromatic carbocycles. The topological polar surface area (TPSA) is 96.6 Å². The number of methoxy groups -OCH3 is 1. The number of hydrogen-bond acceptors (Lipinski definition) is 8. The second-order valence-electron chi connectivity index (χ2n) is 7.90. The predicted molar refractivity (Wildman–Crippen MR) is 122 cm³/mol. The molecule has 0 aliphatic carbocycles. The van der Waals surface area contributed by atoms with Crippen molar-refractivity contribution in [2.24, 2.45) is 0 Å². The first-order valence-electron chi connectivity index (χ1n) is 10.6. The first kappa shape index (κ1) is 21.6. The Morgan fingerprint density at radius 3 is 2.44 bits per heavy atom. The van der Waals surface area contributed by atoms with Crippen LogP contribution in [-0.4, -0.2) is 59.2 Å². The second-order valence-corrected chi connectivity index (χ2v) is 7.90. The number of benzene rings is 1. The number of aryl methyl sites for hydroxylation is 3. The van der Waals surface area contributed by atoms with E-state index in [2.05, 4.69) is 20.4 Å². The van der Waals surface area contributed by atoms with Crippen molar-refractivity contribution in [3.05, 3.63) is 53.0 Å². The number of ether oxygens (including phenoxy) is 1. The van der Waals surface area contributed by atoms with Crippen LogP contribution in [0.3, 0.4) is 0 Å². The van der Waals surface area contributed by atoms with Gasteiger partial charge in [0.05, 0.1) is 19.2 Å². The lowest BCUT2D eigenvalue weighted by atomic mass is 10.1. The van der Waals surface area contributed by atoms with Gasteiger partial charge in [0.2, 0.25) is 11.9 Å². The largest absolute Gasteiger partial charge is 0.497 e. The van der Waals surface area contributed by atoms with Crippen molar-refractivity contribution in [3.8, 4) is 5.75 Å². The Kier molecular flexibility index (Phi) is 6.25. The highest BCUT2D eigenvalue weighted by Crippen LogP contribution is 2.22. The highest BCUT2D eigenvalue weighted by atomic mass is 16.5. The van der Waals surface area contributed by atoms with Crippen molar-refractivity contribution >= 4 is 23.4 Å². The van der Waals surface area contributed by atoms with Gasteiger partial charge in [-0.05, 0) is 45.0 Å². The standard InChI is InChI=1S/C23H28N6O3/c1-15-13-21(25-18-5-7-19(31-4)8-6-18)26-23(24-15)29-11-9-28(10-12-29)22(30)14-20-16(2)27-32-17(20)3/h5-8,13H,9-12,14H2,1-4H3,(H,24,25,26). The fourth-order valence-electron chi connectivity index (χ4n) is 3.75. The lowest BCUT2D eigenvalue weighted by Crippen LogP contribution is -2.49. The van der Waals surface area contributed by atoms with E-state index < -0.39 is 0 Å². The monoisotopic (exact) mass is 436 g/mol. The summed E-state index contributed by atoms with van der Waals surface area (Å²) in [6, 6.07) is 9.60. The number of aromatic nitrogens is 3. The van der Waals surface area contributed by atoms with Gasteiger partial charge in [0.15, 0.2) is 0 Å². The molecular weight excluding hydrogens is 408 g/mol. The van der Waals surface area contributed by atoms with Crippen molar-refractivity contribution in [1.29, 1.82) is 0 Å². The van der Waals surface area contributed by atoms with Crippen LogP contribution in [0, 0.1) is 20.8 Å². The number of nitrogens with one attached hydrogen (secondary N) is 1. The molecule has 1 aliphatic heterocycles. The summed E-state index contributed by atoms with van der Waals surface area (Å²) in [5.74, 6) is 3.00. The van der Waals surface area contributed by atoms with Crippen LogP contribution in [0.25, 0.3) is 0 Å². The Bertz CT molecular complexity index is 1070. The molecule has 0 atom stereocenters. The molecule has 1 fully saturated rings. The highest BCUT2D eigenvalue weighted by Gasteiger charge is 2.24. The Labute approximate surface area is 187 Å². The summed E-state index contributed by atoms with van der Waals surface area (Å²) in [6.07, 6.45) is 0.318. The third kappa shape index (κ3) is 4.82. The molecule has 0 saturated carbocycles. The zero-order valence-corrected chi connectivity index (χ0v) is 18.9. The minimum absolute atomic E-state index is 0.0890. The number of hydrogen-bond donors (Lipinski definition) is 1. The normalized spacial score (nSPS) is 13.9. The maximum absolute atomic E-state index is 12.8. The van der Waals surface area contributed by atoms with Crippen molar-refractivity contribution in [2.45, 2.75) is 27.2 Å². The molecule has 2 aromatic heterocycles. The maximum atomic E-state index is 12.8. The maximum Gasteiger partial charge on any atom is 0.227 e. The van der Waals surface area contributed by atoms with Gasteiger partial charge >= 0.3 is 0 Å². The van der Waals surface area contributed by atoms with Crippen molar-refractivity contribution in [2.75, 3.05) is 43.5 Å². The van der Waals surface area contributed by atoms with E-state index in [1.807, 2.05) is 56.0 Å². The first-order valence-corrected chi connectivity index (χ1v) is 10.6. The molecule has 4 rings (SSSR count). The molecule has 1 aliphatic rings. The zero-order chi connectivity index (χ0) is 22.7. The van der Waals surface area contributed by atoms with Crippen LogP contribution in [0.2, 0.25) is 0 Å². The molecule has 0 spiro atoms. The summed E-state index contributed by atoms with van der Waals surface area (Å²) in [5, 5.41) is 7.26. The molecular formula is C23H28N6O3.